The van der Waals surface area contributed by atoms with Crippen LogP contribution in [0.25, 0.3) is 0 Å². The van der Waals surface area contributed by atoms with Crippen molar-refractivity contribution < 1.29 is 22.5 Å². The van der Waals surface area contributed by atoms with Gasteiger partial charge >= 0.3 is 12.1 Å². The monoisotopic (exact) mass is 166 g/mol. The molecule has 0 atom stereocenters. The molecule has 0 spiro atoms. The van der Waals surface area contributed by atoms with Gasteiger partial charge < -0.3 is 4.52 Å². The van der Waals surface area contributed by atoms with Gasteiger partial charge in [-0.2, -0.15) is 18.2 Å². The molecule has 0 aliphatic carbocycles. The quantitative estimate of drug-likeness (QED) is 0.581. The smallest absolute Gasteiger partial charge is 0.329 e. The highest BCUT2D eigenvalue weighted by Crippen LogP contribution is 2.26. The van der Waals surface area contributed by atoms with Crippen LogP contribution in [0.4, 0.5) is 13.2 Å². The topological polar surface area (TPSA) is 56.0 Å². The lowest BCUT2D eigenvalue weighted by atomic mass is 10.6. The first-order valence-corrected chi connectivity index (χ1v) is 2.40. The van der Waals surface area contributed by atoms with Crippen molar-refractivity contribution in [3.8, 4) is 0 Å². The maximum absolute atomic E-state index is 11.6. The number of alkyl halides is 3. The predicted octanol–water partition coefficient (Wildman–Crippen LogP) is 0.901. The summed E-state index contributed by atoms with van der Waals surface area (Å²) < 4.78 is 38.6. The molecule has 1 aromatic rings. The first kappa shape index (κ1) is 7.70. The van der Waals surface area contributed by atoms with Crippen LogP contribution < -0.4 is 0 Å². The van der Waals surface area contributed by atoms with Crippen LogP contribution in [0.2, 0.25) is 0 Å². The van der Waals surface area contributed by atoms with Gasteiger partial charge in [0.1, 0.15) is 0 Å². The molecule has 0 aromatic carbocycles. The van der Waals surface area contributed by atoms with Gasteiger partial charge in [0.15, 0.2) is 6.29 Å². The van der Waals surface area contributed by atoms with Crippen LogP contribution in [-0.2, 0) is 6.18 Å². The third-order valence-electron chi connectivity index (χ3n) is 0.790. The van der Waals surface area contributed by atoms with E-state index < -0.39 is 17.9 Å². The van der Waals surface area contributed by atoms with Crippen molar-refractivity contribution in [2.45, 2.75) is 6.18 Å². The Bertz CT molecular complexity index is 267. The highest BCUT2D eigenvalue weighted by molar-refractivity contribution is 5.68. The number of rotatable bonds is 1. The maximum Gasteiger partial charge on any atom is 0.471 e. The van der Waals surface area contributed by atoms with Crippen LogP contribution in [0.5, 0.6) is 0 Å². The van der Waals surface area contributed by atoms with Crippen LogP contribution in [0.15, 0.2) is 4.52 Å². The van der Waals surface area contributed by atoms with Crippen molar-refractivity contribution in [3.05, 3.63) is 11.7 Å². The van der Waals surface area contributed by atoms with Gasteiger partial charge in [-0.25, -0.2) is 0 Å². The molecule has 0 bridgehead atoms. The lowest BCUT2D eigenvalue weighted by Gasteiger charge is -1.95. The minimum Gasteiger partial charge on any atom is -0.329 e. The van der Waals surface area contributed by atoms with Gasteiger partial charge in [-0.3, -0.25) is 4.79 Å². The summed E-state index contributed by atoms with van der Waals surface area (Å²) >= 11 is 0. The molecule has 0 N–H and O–H groups in total. The lowest BCUT2D eigenvalue weighted by Crippen LogP contribution is -2.05. The molecule has 11 heavy (non-hydrogen) atoms. The van der Waals surface area contributed by atoms with Gasteiger partial charge in [-0.15, -0.1) is 0 Å². The second-order valence-corrected chi connectivity index (χ2v) is 1.57. The molecular formula is C4HF3N2O2. The number of carbonyl (C=O) groups excluding carboxylic acids is 1. The fourth-order valence-corrected chi connectivity index (χ4v) is 0.398. The first-order chi connectivity index (χ1) is 5.04. The molecule has 60 valence electrons. The maximum atomic E-state index is 11.6. The molecule has 0 saturated heterocycles. The minimum atomic E-state index is -4.69. The Kier molecular flexibility index (Phi) is 1.63. The Labute approximate surface area is 58.0 Å². The fourth-order valence-electron chi connectivity index (χ4n) is 0.398. The van der Waals surface area contributed by atoms with Crippen molar-refractivity contribution in [1.29, 1.82) is 0 Å². The van der Waals surface area contributed by atoms with E-state index in [-0.39, 0.29) is 6.29 Å². The van der Waals surface area contributed by atoms with E-state index >= 15 is 0 Å². The Morgan fingerprint density at radius 1 is 1.45 bits per heavy atom. The van der Waals surface area contributed by atoms with Crippen molar-refractivity contribution in [3.63, 3.8) is 0 Å². The molecule has 4 nitrogen and oxygen atoms in total. The van der Waals surface area contributed by atoms with Gasteiger partial charge in [-0.1, -0.05) is 5.16 Å². The number of halogens is 3. The number of aromatic nitrogens is 2. The lowest BCUT2D eigenvalue weighted by molar-refractivity contribution is -0.159. The number of nitrogens with zero attached hydrogens (tertiary/aromatic N) is 2. The highest BCUT2D eigenvalue weighted by Gasteiger charge is 2.38. The largest absolute Gasteiger partial charge is 0.471 e. The Balaban J connectivity index is 2.98. The molecule has 0 saturated carbocycles. The van der Waals surface area contributed by atoms with Crippen molar-refractivity contribution in [2.24, 2.45) is 0 Å². The number of hydrogen-bond donors (Lipinski definition) is 0. The summed E-state index contributed by atoms with van der Waals surface area (Å²) in [5, 5.41) is 2.73. The van der Waals surface area contributed by atoms with Crippen molar-refractivity contribution in [1.82, 2.24) is 10.1 Å². The summed E-state index contributed by atoms with van der Waals surface area (Å²) in [4.78, 5) is 12.5. The molecule has 0 radical (unpaired) electrons. The molecule has 0 unspecified atom stereocenters. The molecule has 0 aliphatic rings. The minimum absolute atomic E-state index is 0.0682. The molecule has 1 aromatic heterocycles. The van der Waals surface area contributed by atoms with Gasteiger partial charge in [0, 0.05) is 0 Å². The Morgan fingerprint density at radius 2 is 2.09 bits per heavy atom. The van der Waals surface area contributed by atoms with E-state index in [1.807, 2.05) is 0 Å². The molecular weight excluding hydrogens is 165 g/mol. The third-order valence-corrected chi connectivity index (χ3v) is 0.790. The van der Waals surface area contributed by atoms with Gasteiger partial charge in [0.2, 0.25) is 5.82 Å². The summed E-state index contributed by atoms with van der Waals surface area (Å²) in [5.41, 5.74) is 0. The molecule has 0 fully saturated rings. The van der Waals surface area contributed by atoms with Crippen LogP contribution in [-0.4, -0.2) is 16.4 Å². The summed E-state index contributed by atoms with van der Waals surface area (Å²) in [6.07, 6.45) is -4.62. The fraction of sp³-hybridized carbons (Fsp3) is 0.250. The normalized spacial score (nSPS) is 11.5. The summed E-state index contributed by atoms with van der Waals surface area (Å²) in [7, 11) is 0. The van der Waals surface area contributed by atoms with E-state index in [1.165, 1.54) is 0 Å². The van der Waals surface area contributed by atoms with Crippen molar-refractivity contribution in [2.75, 3.05) is 0 Å². The Morgan fingerprint density at radius 3 is 2.36 bits per heavy atom. The zero-order valence-corrected chi connectivity index (χ0v) is 4.92. The summed E-state index contributed by atoms with van der Waals surface area (Å²) in [6, 6.07) is 0. The number of carbonyl (C=O) groups is 1. The van der Waals surface area contributed by atoms with Crippen LogP contribution in [0.1, 0.15) is 16.5 Å². The average Bonchev–Trinajstić information content (AvgIpc) is 2.32. The zero-order valence-electron chi connectivity index (χ0n) is 4.92. The van der Waals surface area contributed by atoms with Crippen molar-refractivity contribution >= 4 is 6.29 Å². The SMILES string of the molecule is O=Cc1noc(C(F)(F)F)n1. The van der Waals surface area contributed by atoms with Crippen LogP contribution in [0, 0.1) is 0 Å². The Hall–Kier alpha value is -1.40. The number of aldehydes is 1. The van der Waals surface area contributed by atoms with E-state index in [0.717, 1.165) is 0 Å². The molecule has 7 heteroatoms. The summed E-state index contributed by atoms with van der Waals surface area (Å²) in [6.45, 7) is 0. The second kappa shape index (κ2) is 2.33. The van der Waals surface area contributed by atoms with Gasteiger partial charge in [0.05, 0.1) is 0 Å². The molecule has 1 heterocycles. The van der Waals surface area contributed by atoms with Crippen LogP contribution in [0.3, 0.4) is 0 Å². The van der Waals surface area contributed by atoms with E-state index in [9.17, 15) is 18.0 Å². The standard InChI is InChI=1S/C4HF3N2O2/c5-4(6,7)3-8-2(1-10)9-11-3/h1H. The molecule has 0 aliphatic heterocycles. The molecule has 0 amide bonds. The van der Waals surface area contributed by atoms with Gasteiger partial charge in [0.25, 0.3) is 0 Å². The van der Waals surface area contributed by atoms with E-state index in [4.69, 9.17) is 0 Å². The number of hydrogen-bond acceptors (Lipinski definition) is 4. The second-order valence-electron chi connectivity index (χ2n) is 1.57. The van der Waals surface area contributed by atoms with E-state index in [0.29, 0.717) is 0 Å². The van der Waals surface area contributed by atoms with E-state index in [1.54, 1.807) is 0 Å². The van der Waals surface area contributed by atoms with E-state index in [2.05, 4.69) is 14.7 Å². The summed E-state index contributed by atoms with van der Waals surface area (Å²) in [5.74, 6) is -2.13. The average molecular weight is 166 g/mol. The first-order valence-electron chi connectivity index (χ1n) is 2.40. The highest BCUT2D eigenvalue weighted by atomic mass is 19.4. The zero-order chi connectivity index (χ0) is 8.48. The predicted molar refractivity (Wildman–Crippen MR) is 24.7 cm³/mol. The van der Waals surface area contributed by atoms with Gasteiger partial charge in [-0.05, 0) is 0 Å². The third kappa shape index (κ3) is 1.54. The molecule has 1 rings (SSSR count). The van der Waals surface area contributed by atoms with Crippen LogP contribution >= 0.6 is 0 Å².